The van der Waals surface area contributed by atoms with Gasteiger partial charge in [0.2, 0.25) is 5.91 Å². The Morgan fingerprint density at radius 2 is 1.80 bits per heavy atom. The van der Waals surface area contributed by atoms with Crippen LogP contribution in [0.15, 0.2) is 0 Å². The lowest BCUT2D eigenvalue weighted by molar-refractivity contribution is -0.339. The molecule has 0 aromatic rings. The second-order valence-corrected chi connectivity index (χ2v) is 7.19. The first-order chi connectivity index (χ1) is 11.4. The van der Waals surface area contributed by atoms with Crippen molar-refractivity contribution in [3.8, 4) is 0 Å². The number of carbonyl (C=O) groups is 3. The van der Waals surface area contributed by atoms with Crippen molar-refractivity contribution in [2.45, 2.75) is 51.4 Å². The summed E-state index contributed by atoms with van der Waals surface area (Å²) in [4.78, 5) is 52.2. The van der Waals surface area contributed by atoms with Crippen LogP contribution in [0.3, 0.4) is 0 Å². The first-order valence-corrected chi connectivity index (χ1v) is 9.11. The van der Waals surface area contributed by atoms with E-state index in [1.165, 1.54) is 6.92 Å². The smallest absolute Gasteiger partial charge is 0.334 e. The van der Waals surface area contributed by atoms with Crippen LogP contribution in [0, 0.1) is 0 Å². The van der Waals surface area contributed by atoms with Crippen molar-refractivity contribution < 1.29 is 47.7 Å². The minimum atomic E-state index is -4.62. The van der Waals surface area contributed by atoms with Crippen molar-refractivity contribution in [3.05, 3.63) is 0 Å². The third kappa shape index (κ3) is 6.37. The van der Waals surface area contributed by atoms with Crippen LogP contribution >= 0.6 is 7.60 Å². The Hall–Kier alpha value is -1.52. The lowest BCUT2D eigenvalue weighted by Crippen LogP contribution is -2.67. The lowest BCUT2D eigenvalue weighted by Gasteiger charge is -2.46. The molecule has 0 aromatic carbocycles. The average molecular weight is 383 g/mol. The summed E-state index contributed by atoms with van der Waals surface area (Å²) < 4.78 is 31.9. The molecule has 0 spiro atoms. The molecule has 0 radical (unpaired) electrons. The van der Waals surface area contributed by atoms with Crippen LogP contribution in [0.25, 0.3) is 0 Å². The Kier molecular flexibility index (Phi) is 7.09. The monoisotopic (exact) mass is 383 g/mol. The Labute approximate surface area is 144 Å². The van der Waals surface area contributed by atoms with E-state index in [2.05, 4.69) is 5.32 Å². The Morgan fingerprint density at radius 3 is 2.24 bits per heavy atom. The van der Waals surface area contributed by atoms with E-state index in [0.717, 1.165) is 14.0 Å². The van der Waals surface area contributed by atoms with Crippen molar-refractivity contribution in [3.63, 3.8) is 0 Å². The third-order valence-electron chi connectivity index (χ3n) is 3.35. The standard InChI is InChI=1S/C13H22NO10P/c1-7-10(22-8(2)15)5-11(23-9(3)16)13(21-4,24-7)14-12(17)6-25(18,19)20/h7,10-11H,5-6H2,1-4H3,(H,14,17)(H2,18,19,20)/t7-,10-,11+,13-/m1/s1. The fraction of sp³-hybridized carbons (Fsp3) is 0.769. The molecule has 11 nitrogen and oxygen atoms in total. The molecule has 0 aliphatic carbocycles. The highest BCUT2D eigenvalue weighted by atomic mass is 31.2. The normalized spacial score (nSPS) is 29.6. The summed E-state index contributed by atoms with van der Waals surface area (Å²) in [7, 11) is -3.46. The van der Waals surface area contributed by atoms with E-state index in [9.17, 15) is 18.9 Å². The molecule has 3 N–H and O–H groups in total. The first-order valence-electron chi connectivity index (χ1n) is 7.31. The van der Waals surface area contributed by atoms with Crippen LogP contribution < -0.4 is 5.32 Å². The van der Waals surface area contributed by atoms with Crippen molar-refractivity contribution in [1.29, 1.82) is 0 Å². The number of hydrogen-bond acceptors (Lipinski definition) is 8. The van der Waals surface area contributed by atoms with Crippen LogP contribution in [-0.2, 0) is 37.9 Å². The highest BCUT2D eigenvalue weighted by molar-refractivity contribution is 7.52. The van der Waals surface area contributed by atoms with Gasteiger partial charge in [0.05, 0.1) is 6.10 Å². The van der Waals surface area contributed by atoms with Crippen LogP contribution in [0.5, 0.6) is 0 Å². The lowest BCUT2D eigenvalue weighted by atomic mass is 10.00. The number of nitrogens with one attached hydrogen (secondary N) is 1. The zero-order chi connectivity index (χ0) is 19.4. The summed E-state index contributed by atoms with van der Waals surface area (Å²) in [5.41, 5.74) is 0. The van der Waals surface area contributed by atoms with E-state index in [1.54, 1.807) is 6.92 Å². The number of esters is 2. The average Bonchev–Trinajstić information content (AvgIpc) is 2.40. The van der Waals surface area contributed by atoms with Gasteiger partial charge in [-0.2, -0.15) is 0 Å². The highest BCUT2D eigenvalue weighted by Crippen LogP contribution is 2.36. The first kappa shape index (κ1) is 21.5. The topological polar surface area (TPSA) is 158 Å². The molecular formula is C13H22NO10P. The predicted molar refractivity (Wildman–Crippen MR) is 81.1 cm³/mol. The van der Waals surface area contributed by atoms with E-state index in [0.29, 0.717) is 0 Å². The molecule has 0 saturated carbocycles. The van der Waals surface area contributed by atoms with Gasteiger partial charge in [-0.15, -0.1) is 0 Å². The molecule has 1 rings (SSSR count). The van der Waals surface area contributed by atoms with Gasteiger partial charge in [0.25, 0.3) is 5.91 Å². The summed E-state index contributed by atoms with van der Waals surface area (Å²) in [6.07, 6.45) is -3.90. The molecule has 0 aromatic heterocycles. The summed E-state index contributed by atoms with van der Waals surface area (Å²) >= 11 is 0. The minimum absolute atomic E-state index is 0.0512. The summed E-state index contributed by atoms with van der Waals surface area (Å²) in [5.74, 6) is -4.33. The second-order valence-electron chi connectivity index (χ2n) is 5.55. The number of carbonyl (C=O) groups excluding carboxylic acids is 3. The third-order valence-corrected chi connectivity index (χ3v) is 4.05. The maximum absolute atomic E-state index is 11.9. The SMILES string of the molecule is CO[C@@]1(NC(=O)CP(=O)(O)O)O[C@H](C)[C@H](OC(C)=O)C[C@@H]1OC(C)=O. The number of rotatable bonds is 6. The molecule has 1 heterocycles. The van der Waals surface area contributed by atoms with Crippen LogP contribution in [0.4, 0.5) is 0 Å². The molecule has 25 heavy (non-hydrogen) atoms. The molecule has 0 unspecified atom stereocenters. The Morgan fingerprint density at radius 1 is 1.24 bits per heavy atom. The van der Waals surface area contributed by atoms with E-state index in [1.807, 2.05) is 0 Å². The molecule has 0 bridgehead atoms. The summed E-state index contributed by atoms with van der Waals surface area (Å²) in [5, 5.41) is 2.21. The fourth-order valence-corrected chi connectivity index (χ4v) is 2.88. The molecule has 1 saturated heterocycles. The number of ether oxygens (including phenoxy) is 4. The predicted octanol–water partition coefficient (Wildman–Crippen LogP) is -0.747. The van der Waals surface area contributed by atoms with Crippen molar-refractivity contribution >= 4 is 25.4 Å². The maximum Gasteiger partial charge on any atom is 0.334 e. The van der Waals surface area contributed by atoms with Gasteiger partial charge in [0.15, 0.2) is 6.10 Å². The van der Waals surface area contributed by atoms with E-state index in [-0.39, 0.29) is 6.42 Å². The molecular weight excluding hydrogens is 361 g/mol. The minimum Gasteiger partial charge on any atom is -0.460 e. The van der Waals surface area contributed by atoms with Crippen LogP contribution in [0.1, 0.15) is 27.2 Å². The van der Waals surface area contributed by atoms with Gasteiger partial charge >= 0.3 is 19.5 Å². The maximum atomic E-state index is 11.9. The second kappa shape index (κ2) is 8.24. The fourth-order valence-electron chi connectivity index (χ4n) is 2.43. The van der Waals surface area contributed by atoms with Gasteiger partial charge in [0, 0.05) is 27.4 Å². The van der Waals surface area contributed by atoms with Crippen LogP contribution in [0.2, 0.25) is 0 Å². The highest BCUT2D eigenvalue weighted by Gasteiger charge is 2.53. The molecule has 144 valence electrons. The van der Waals surface area contributed by atoms with Crippen molar-refractivity contribution in [1.82, 2.24) is 5.32 Å². The largest absolute Gasteiger partial charge is 0.460 e. The van der Waals surface area contributed by atoms with E-state index >= 15 is 0 Å². The molecule has 12 heteroatoms. The van der Waals surface area contributed by atoms with Gasteiger partial charge in [-0.1, -0.05) is 0 Å². The molecule has 1 fully saturated rings. The van der Waals surface area contributed by atoms with E-state index in [4.69, 9.17) is 28.7 Å². The molecule has 4 atom stereocenters. The van der Waals surface area contributed by atoms with Crippen LogP contribution in [-0.4, -0.2) is 65.1 Å². The van der Waals surface area contributed by atoms with Gasteiger partial charge < -0.3 is 34.1 Å². The summed E-state index contributed by atoms with van der Waals surface area (Å²) in [6.45, 7) is 3.87. The van der Waals surface area contributed by atoms with Gasteiger partial charge in [0.1, 0.15) is 12.3 Å². The Bertz CT molecular complexity index is 575. The molecule has 1 aliphatic rings. The number of methoxy groups -OCH3 is 1. The van der Waals surface area contributed by atoms with Gasteiger partial charge in [-0.25, -0.2) is 0 Å². The molecule has 1 amide bonds. The van der Waals surface area contributed by atoms with Crippen molar-refractivity contribution in [2.24, 2.45) is 0 Å². The number of amides is 1. The quantitative estimate of drug-likeness (QED) is 0.303. The zero-order valence-electron chi connectivity index (χ0n) is 14.3. The van der Waals surface area contributed by atoms with Crippen molar-refractivity contribution in [2.75, 3.05) is 13.3 Å². The molecule has 1 aliphatic heterocycles. The zero-order valence-corrected chi connectivity index (χ0v) is 15.1. The van der Waals surface area contributed by atoms with Gasteiger partial charge in [-0.3, -0.25) is 18.9 Å². The van der Waals surface area contributed by atoms with E-state index < -0.39 is 55.8 Å². The van der Waals surface area contributed by atoms with Gasteiger partial charge in [-0.05, 0) is 6.92 Å². The Balaban J connectivity index is 3.06. The summed E-state index contributed by atoms with van der Waals surface area (Å²) in [6, 6.07) is 0. The number of hydrogen-bond donors (Lipinski definition) is 3.